The topological polar surface area (TPSA) is 248 Å². The quantitative estimate of drug-likeness (QED) is 0.0716. The van der Waals surface area contributed by atoms with Crippen LogP contribution in [-0.2, 0) is 25.6 Å². The van der Waals surface area contributed by atoms with Crippen LogP contribution in [0.25, 0.3) is 0 Å². The van der Waals surface area contributed by atoms with Crippen molar-refractivity contribution in [2.45, 2.75) is 51.2 Å². The van der Waals surface area contributed by atoms with Crippen molar-refractivity contribution in [3.05, 3.63) is 71.0 Å². The van der Waals surface area contributed by atoms with Gasteiger partial charge in [-0.05, 0) is 42.5 Å². The predicted molar refractivity (Wildman–Crippen MR) is 163 cm³/mol. The Hall–Kier alpha value is -5.52. The van der Waals surface area contributed by atoms with Gasteiger partial charge in [0.15, 0.2) is 5.96 Å². The summed E-state index contributed by atoms with van der Waals surface area (Å²) in [6.45, 7) is 2.97. The Morgan fingerprint density at radius 2 is 1.62 bits per heavy atom. The molecule has 5 amide bonds. The van der Waals surface area contributed by atoms with Gasteiger partial charge in [0, 0.05) is 13.0 Å². The first kappa shape index (κ1) is 35.7. The molecule has 2 rings (SSSR count). The van der Waals surface area contributed by atoms with Gasteiger partial charge in [-0.2, -0.15) is 5.26 Å². The van der Waals surface area contributed by atoms with Crippen LogP contribution in [-0.4, -0.2) is 66.7 Å². The van der Waals surface area contributed by atoms with Gasteiger partial charge in [0.2, 0.25) is 23.6 Å². The van der Waals surface area contributed by atoms with E-state index in [2.05, 4.69) is 26.3 Å². The molecule has 2 aromatic rings. The fraction of sp³-hybridized carbons (Fsp3) is 0.367. The van der Waals surface area contributed by atoms with E-state index >= 15 is 0 Å². The van der Waals surface area contributed by atoms with E-state index in [0.29, 0.717) is 0 Å². The molecule has 0 aromatic heterocycles. The molecule has 0 heterocycles. The average Bonchev–Trinajstić information content (AvgIpc) is 2.99. The number of hydrogen-bond donors (Lipinski definition) is 7. The number of benzene rings is 2. The molecule has 14 nitrogen and oxygen atoms in total. The summed E-state index contributed by atoms with van der Waals surface area (Å²) in [5.74, 6) is -4.98. The highest BCUT2D eigenvalue weighted by Gasteiger charge is 2.30. The summed E-state index contributed by atoms with van der Waals surface area (Å²) in [7, 11) is 0. The lowest BCUT2D eigenvalue weighted by Gasteiger charge is -2.25. The number of guanidine groups is 1. The molecule has 0 bridgehead atoms. The summed E-state index contributed by atoms with van der Waals surface area (Å²) in [6, 6.07) is 10.3. The summed E-state index contributed by atoms with van der Waals surface area (Å²) in [5.41, 5.74) is 16.5. The van der Waals surface area contributed by atoms with E-state index in [-0.39, 0.29) is 42.9 Å². The second-order valence-corrected chi connectivity index (χ2v) is 10.4. The van der Waals surface area contributed by atoms with Crippen molar-refractivity contribution in [3.63, 3.8) is 0 Å². The minimum absolute atomic E-state index is 0.0438. The Bertz CT molecular complexity index is 1440. The molecule has 0 saturated carbocycles. The smallest absolute Gasteiger partial charge is 0.253 e. The Balaban J connectivity index is 2.10. The van der Waals surface area contributed by atoms with Crippen LogP contribution >= 0.6 is 0 Å². The van der Waals surface area contributed by atoms with Gasteiger partial charge in [-0.1, -0.05) is 44.2 Å². The Morgan fingerprint density at radius 1 is 0.933 bits per heavy atom. The summed E-state index contributed by atoms with van der Waals surface area (Å²) in [6.07, 6.45) is 0.459. The summed E-state index contributed by atoms with van der Waals surface area (Å²) in [5, 5.41) is 19.4. The van der Waals surface area contributed by atoms with E-state index in [0.717, 1.165) is 23.8 Å². The molecule has 0 aliphatic heterocycles. The molecule has 0 fully saturated rings. The van der Waals surface area contributed by atoms with Crippen molar-refractivity contribution in [2.24, 2.45) is 28.1 Å². The van der Waals surface area contributed by atoms with E-state index in [9.17, 15) is 33.6 Å². The summed E-state index contributed by atoms with van der Waals surface area (Å²) < 4.78 is 13.6. The van der Waals surface area contributed by atoms with Crippen LogP contribution in [0.3, 0.4) is 0 Å². The first-order valence-electron chi connectivity index (χ1n) is 14.1. The van der Waals surface area contributed by atoms with Crippen LogP contribution in [0, 0.1) is 23.1 Å². The molecule has 15 heteroatoms. The monoisotopic (exact) mass is 622 g/mol. The van der Waals surface area contributed by atoms with Gasteiger partial charge >= 0.3 is 0 Å². The van der Waals surface area contributed by atoms with Crippen molar-refractivity contribution in [1.29, 1.82) is 5.26 Å². The lowest BCUT2D eigenvalue weighted by atomic mass is 10.0. The molecule has 0 aliphatic rings. The molecule has 240 valence electrons. The molecule has 0 saturated heterocycles. The van der Waals surface area contributed by atoms with Crippen LogP contribution in [0.4, 0.5) is 4.39 Å². The lowest BCUT2D eigenvalue weighted by molar-refractivity contribution is -0.132. The third-order valence-corrected chi connectivity index (χ3v) is 6.55. The number of hydrogen-bond acceptors (Lipinski definition) is 7. The predicted octanol–water partition coefficient (Wildman–Crippen LogP) is -0.681. The third-order valence-electron chi connectivity index (χ3n) is 6.55. The minimum Gasteiger partial charge on any atom is -0.370 e. The SMILES string of the molecule is CC(C)[C@H](NC(=O)[C@H](CCCN=C(N)N)NC(=O)c1ccc([18F])cc1C#N)C(=O)NCC(=O)N[C@@H](Cc1ccccc1)C(N)=O. The summed E-state index contributed by atoms with van der Waals surface area (Å²) >= 11 is 0. The molecule has 45 heavy (non-hydrogen) atoms. The number of nitrogens with one attached hydrogen (secondary N) is 4. The van der Waals surface area contributed by atoms with E-state index in [1.165, 1.54) is 0 Å². The molecule has 0 spiro atoms. The molecular formula is C30H38FN9O5. The van der Waals surface area contributed by atoms with Gasteiger partial charge in [-0.3, -0.25) is 29.0 Å². The number of nitrogens with zero attached hydrogens (tertiary/aromatic N) is 2. The maximum Gasteiger partial charge on any atom is 0.253 e. The van der Waals surface area contributed by atoms with Gasteiger partial charge in [-0.25, -0.2) is 4.39 Å². The zero-order valence-electron chi connectivity index (χ0n) is 25.0. The molecule has 2 aromatic carbocycles. The van der Waals surface area contributed by atoms with Gasteiger partial charge in [0.1, 0.15) is 30.0 Å². The van der Waals surface area contributed by atoms with Crippen molar-refractivity contribution in [2.75, 3.05) is 13.1 Å². The fourth-order valence-corrected chi connectivity index (χ4v) is 4.20. The minimum atomic E-state index is -1.20. The highest BCUT2D eigenvalue weighted by Crippen LogP contribution is 2.12. The maximum atomic E-state index is 13.6. The van der Waals surface area contributed by atoms with E-state index in [4.69, 9.17) is 17.2 Å². The second-order valence-electron chi connectivity index (χ2n) is 10.4. The Morgan fingerprint density at radius 3 is 2.22 bits per heavy atom. The van der Waals surface area contributed by atoms with Crippen LogP contribution in [0.5, 0.6) is 0 Å². The standard InChI is InChI=1S/C30H38FN9O5/c1-17(2)25(29(45)37-16-24(41)38-23(26(33)42)13-18-7-4-3-5-8-18)40-28(44)22(9-6-12-36-30(34)35)39-27(43)21-11-10-20(31)14-19(21)15-32/h3-5,7-8,10-11,14,17,22-23,25H,6,9,12-13,16H2,1-2H3,(H2,33,42)(H,37,45)(H,38,41)(H,39,43)(H,40,44)(H4,34,35,36)/t22-,23-,25-/m0/s1/i31-1. The van der Waals surface area contributed by atoms with Gasteiger partial charge in [-0.15, -0.1) is 0 Å². The molecule has 3 atom stereocenters. The highest BCUT2D eigenvalue weighted by molar-refractivity contribution is 6.00. The number of carbonyl (C=O) groups excluding carboxylic acids is 5. The molecule has 0 aliphatic carbocycles. The zero-order valence-corrected chi connectivity index (χ0v) is 25.0. The van der Waals surface area contributed by atoms with Crippen LogP contribution < -0.4 is 38.5 Å². The number of rotatable bonds is 16. The van der Waals surface area contributed by atoms with Gasteiger partial charge in [0.25, 0.3) is 5.91 Å². The first-order chi connectivity index (χ1) is 21.3. The second kappa shape index (κ2) is 17.6. The van der Waals surface area contributed by atoms with Crippen LogP contribution in [0.15, 0.2) is 53.5 Å². The number of primary amides is 1. The zero-order chi connectivity index (χ0) is 33.5. The number of nitriles is 1. The average molecular weight is 623 g/mol. The first-order valence-corrected chi connectivity index (χ1v) is 14.1. The number of amides is 5. The number of aliphatic imine (C=N–C) groups is 1. The lowest BCUT2D eigenvalue weighted by Crippen LogP contribution is -2.56. The molecule has 0 radical (unpaired) electrons. The number of halogens is 1. The van der Waals surface area contributed by atoms with E-state index < -0.39 is 65.9 Å². The maximum absolute atomic E-state index is 13.6. The third kappa shape index (κ3) is 11.9. The molecular weight excluding hydrogens is 584 g/mol. The van der Waals surface area contributed by atoms with E-state index in [1.807, 2.05) is 0 Å². The fourth-order valence-electron chi connectivity index (χ4n) is 4.20. The largest absolute Gasteiger partial charge is 0.370 e. The Kier molecular flexibility index (Phi) is 13.9. The van der Waals surface area contributed by atoms with E-state index in [1.54, 1.807) is 50.2 Å². The van der Waals surface area contributed by atoms with Crippen molar-refractivity contribution >= 4 is 35.5 Å². The Labute approximate surface area is 260 Å². The number of carbonyl (C=O) groups is 5. The van der Waals surface area contributed by atoms with Gasteiger partial charge < -0.3 is 38.5 Å². The van der Waals surface area contributed by atoms with Crippen molar-refractivity contribution < 1.29 is 28.4 Å². The van der Waals surface area contributed by atoms with Crippen molar-refractivity contribution in [1.82, 2.24) is 21.3 Å². The molecule has 0 unspecified atom stereocenters. The summed E-state index contributed by atoms with van der Waals surface area (Å²) in [4.78, 5) is 67.7. The van der Waals surface area contributed by atoms with Crippen molar-refractivity contribution in [3.8, 4) is 6.07 Å². The van der Waals surface area contributed by atoms with Crippen LogP contribution in [0.2, 0.25) is 0 Å². The number of nitrogens with two attached hydrogens (primary N) is 3. The van der Waals surface area contributed by atoms with Gasteiger partial charge in [0.05, 0.1) is 17.7 Å². The van der Waals surface area contributed by atoms with Crippen LogP contribution in [0.1, 0.15) is 48.2 Å². The normalized spacial score (nSPS) is 12.5. The molecule has 10 N–H and O–H groups in total. The highest BCUT2D eigenvalue weighted by atomic mass is 18.2.